The molecule has 1 aliphatic heterocycles. The fourth-order valence-electron chi connectivity index (χ4n) is 5.30. The molecular weight excluding hydrogens is 558 g/mol. The maximum atomic E-state index is 13.9. The maximum absolute atomic E-state index is 13.9. The molecule has 0 radical (unpaired) electrons. The van der Waals surface area contributed by atoms with Gasteiger partial charge in [0.05, 0.1) is 5.92 Å². The fourth-order valence-corrected chi connectivity index (χ4v) is 5.30. The molecule has 4 rings (SSSR count). The van der Waals surface area contributed by atoms with Crippen LogP contribution in [0.1, 0.15) is 55.5 Å². The average Bonchev–Trinajstić information content (AvgIpc) is 3.16. The van der Waals surface area contributed by atoms with Gasteiger partial charge in [0.25, 0.3) is 5.91 Å². The number of carbonyl (C=O) groups excluding carboxylic acids is 3. The fraction of sp³-hybridized carbons (Fsp3) is 0.324. The van der Waals surface area contributed by atoms with E-state index in [0.717, 1.165) is 21.6 Å². The van der Waals surface area contributed by atoms with Crippen molar-refractivity contribution < 1.29 is 24.3 Å². The molecule has 0 aromatic heterocycles. The molecular formula is C34H39N5O5. The standard InChI is InChI=1S/C34H39N5O5/c1-33(2,3)26-14-10-22(11-15-26)18-25(30(41)42)19-37-28(40)21-38-31(43)34(4,27-16-12-24(13-17-27)29(35)36)39(32(38)44)20-23-8-6-5-7-9-23/h5-17,25H,18-21H2,1-4H3,(H3,35,36)(H,37,40)(H,41,42)/t25-,34-/m0/s1. The molecule has 0 unspecified atom stereocenters. The minimum Gasteiger partial charge on any atom is -0.481 e. The Morgan fingerprint density at radius 2 is 1.57 bits per heavy atom. The van der Waals surface area contributed by atoms with Crippen molar-refractivity contribution in [1.29, 1.82) is 5.41 Å². The lowest BCUT2D eigenvalue weighted by molar-refractivity contribution is -0.142. The molecule has 0 bridgehead atoms. The van der Waals surface area contributed by atoms with E-state index in [2.05, 4.69) is 26.1 Å². The van der Waals surface area contributed by atoms with E-state index in [-0.39, 0.29) is 30.8 Å². The Kier molecular flexibility index (Phi) is 9.22. The summed E-state index contributed by atoms with van der Waals surface area (Å²) in [5.41, 5.74) is 7.85. The molecule has 44 heavy (non-hydrogen) atoms. The predicted octanol–water partition coefficient (Wildman–Crippen LogP) is 4.01. The molecule has 10 heteroatoms. The first kappa shape index (κ1) is 31.9. The number of carboxylic acids is 1. The first-order chi connectivity index (χ1) is 20.7. The van der Waals surface area contributed by atoms with Gasteiger partial charge in [-0.3, -0.25) is 24.7 Å². The highest BCUT2D eigenvalue weighted by Gasteiger charge is 2.55. The molecule has 2 atom stereocenters. The van der Waals surface area contributed by atoms with E-state index in [0.29, 0.717) is 11.1 Å². The van der Waals surface area contributed by atoms with Crippen molar-refractivity contribution in [3.8, 4) is 0 Å². The van der Waals surface area contributed by atoms with Gasteiger partial charge >= 0.3 is 12.0 Å². The summed E-state index contributed by atoms with van der Waals surface area (Å²) < 4.78 is 0. The Bertz CT molecular complexity index is 1550. The van der Waals surface area contributed by atoms with E-state index >= 15 is 0 Å². The van der Waals surface area contributed by atoms with Crippen LogP contribution in [0, 0.1) is 11.3 Å². The highest BCUT2D eigenvalue weighted by atomic mass is 16.4. The summed E-state index contributed by atoms with van der Waals surface area (Å²) in [4.78, 5) is 55.0. The second-order valence-electron chi connectivity index (χ2n) is 12.3. The summed E-state index contributed by atoms with van der Waals surface area (Å²) >= 11 is 0. The topological polar surface area (TPSA) is 157 Å². The van der Waals surface area contributed by atoms with Gasteiger partial charge in [0.15, 0.2) is 0 Å². The molecule has 230 valence electrons. The monoisotopic (exact) mass is 597 g/mol. The Morgan fingerprint density at radius 3 is 2.11 bits per heavy atom. The zero-order valence-corrected chi connectivity index (χ0v) is 25.5. The average molecular weight is 598 g/mol. The van der Waals surface area contributed by atoms with Crippen LogP contribution in [0.5, 0.6) is 0 Å². The van der Waals surface area contributed by atoms with Gasteiger partial charge in [0, 0.05) is 18.7 Å². The molecule has 1 aliphatic rings. The number of amides is 4. The second kappa shape index (κ2) is 12.7. The molecule has 4 amide bonds. The van der Waals surface area contributed by atoms with Crippen molar-refractivity contribution in [1.82, 2.24) is 15.1 Å². The normalized spacial score (nSPS) is 17.5. The lowest BCUT2D eigenvalue weighted by Gasteiger charge is -2.32. The third-order valence-corrected chi connectivity index (χ3v) is 8.10. The number of carbonyl (C=O) groups is 4. The molecule has 1 saturated heterocycles. The lowest BCUT2D eigenvalue weighted by atomic mass is 9.86. The number of hydrogen-bond acceptors (Lipinski definition) is 5. The van der Waals surface area contributed by atoms with Gasteiger partial charge in [-0.05, 0) is 41.0 Å². The minimum atomic E-state index is -1.44. The molecule has 0 saturated carbocycles. The van der Waals surface area contributed by atoms with Crippen molar-refractivity contribution in [3.63, 3.8) is 0 Å². The summed E-state index contributed by atoms with van der Waals surface area (Å²) in [5, 5.41) is 20.1. The second-order valence-corrected chi connectivity index (χ2v) is 12.3. The van der Waals surface area contributed by atoms with E-state index in [4.69, 9.17) is 11.1 Å². The third-order valence-electron chi connectivity index (χ3n) is 8.10. The van der Waals surface area contributed by atoms with Gasteiger partial charge < -0.3 is 21.1 Å². The van der Waals surface area contributed by atoms with Crippen molar-refractivity contribution in [2.45, 2.75) is 51.6 Å². The number of benzene rings is 3. The van der Waals surface area contributed by atoms with E-state index in [1.165, 1.54) is 4.90 Å². The first-order valence-electron chi connectivity index (χ1n) is 14.4. The van der Waals surface area contributed by atoms with E-state index in [1.54, 1.807) is 31.2 Å². The van der Waals surface area contributed by atoms with Crippen molar-refractivity contribution in [2.75, 3.05) is 13.1 Å². The molecule has 3 aromatic carbocycles. The number of aliphatic carboxylic acids is 1. The smallest absolute Gasteiger partial charge is 0.328 e. The highest BCUT2D eigenvalue weighted by molar-refractivity contribution is 6.09. The number of nitrogen functional groups attached to an aromatic ring is 1. The molecule has 5 N–H and O–H groups in total. The van der Waals surface area contributed by atoms with Crippen molar-refractivity contribution >= 4 is 29.7 Å². The number of amidine groups is 1. The quantitative estimate of drug-likeness (QED) is 0.149. The predicted molar refractivity (Wildman–Crippen MR) is 167 cm³/mol. The summed E-state index contributed by atoms with van der Waals surface area (Å²) in [6.45, 7) is 7.31. The number of nitrogens with zero attached hydrogens (tertiary/aromatic N) is 2. The van der Waals surface area contributed by atoms with Crippen LogP contribution in [-0.2, 0) is 38.3 Å². The maximum Gasteiger partial charge on any atom is 0.328 e. The number of hydrogen-bond donors (Lipinski definition) is 4. The number of urea groups is 1. The van der Waals surface area contributed by atoms with Crippen molar-refractivity contribution in [3.05, 3.63) is 107 Å². The molecule has 10 nitrogen and oxygen atoms in total. The summed E-state index contributed by atoms with van der Waals surface area (Å²) in [6.07, 6.45) is 0.209. The van der Waals surface area contributed by atoms with Gasteiger partial charge in [0.1, 0.15) is 17.9 Å². The molecule has 1 heterocycles. The van der Waals surface area contributed by atoms with Gasteiger partial charge in [-0.15, -0.1) is 0 Å². The first-order valence-corrected chi connectivity index (χ1v) is 14.4. The van der Waals surface area contributed by atoms with Gasteiger partial charge in [0.2, 0.25) is 5.91 Å². The molecule has 3 aromatic rings. The number of carboxylic acid groups (broad SMARTS) is 1. The highest BCUT2D eigenvalue weighted by Crippen LogP contribution is 2.38. The van der Waals surface area contributed by atoms with Gasteiger partial charge in [-0.2, -0.15) is 0 Å². The molecule has 0 aliphatic carbocycles. The van der Waals surface area contributed by atoms with Crippen molar-refractivity contribution in [2.24, 2.45) is 11.7 Å². The summed E-state index contributed by atoms with van der Waals surface area (Å²) in [5.74, 6) is -3.32. The van der Waals surface area contributed by atoms with Crippen LogP contribution >= 0.6 is 0 Å². The third kappa shape index (κ3) is 6.80. The van der Waals surface area contributed by atoms with E-state index < -0.39 is 41.8 Å². The van der Waals surface area contributed by atoms with Crippen LogP contribution in [-0.4, -0.2) is 57.6 Å². The van der Waals surface area contributed by atoms with Crippen LogP contribution < -0.4 is 11.1 Å². The Hall–Kier alpha value is -4.99. The van der Waals surface area contributed by atoms with Gasteiger partial charge in [-0.25, -0.2) is 4.79 Å². The van der Waals surface area contributed by atoms with Gasteiger partial charge in [-0.1, -0.05) is 99.6 Å². The van der Waals surface area contributed by atoms with Crippen LogP contribution in [0.3, 0.4) is 0 Å². The van der Waals surface area contributed by atoms with Crippen LogP contribution in [0.25, 0.3) is 0 Å². The summed E-state index contributed by atoms with van der Waals surface area (Å²) in [6, 6.07) is 22.8. The zero-order chi connectivity index (χ0) is 32.2. The Morgan fingerprint density at radius 1 is 0.955 bits per heavy atom. The zero-order valence-electron chi connectivity index (χ0n) is 25.5. The van der Waals surface area contributed by atoms with E-state index in [1.807, 2.05) is 54.6 Å². The van der Waals surface area contributed by atoms with Crippen LogP contribution in [0.15, 0.2) is 78.9 Å². The molecule has 0 spiro atoms. The number of nitrogens with two attached hydrogens (primary N) is 1. The largest absolute Gasteiger partial charge is 0.481 e. The Labute approximate surface area is 257 Å². The number of nitrogens with one attached hydrogen (secondary N) is 2. The van der Waals surface area contributed by atoms with E-state index in [9.17, 15) is 24.3 Å². The Balaban J connectivity index is 1.50. The SMILES string of the molecule is CC(C)(C)c1ccc(C[C@@H](CNC(=O)CN2C(=O)N(Cc3ccccc3)[C@@](C)(c3ccc(C(=N)N)cc3)C2=O)C(=O)O)cc1. The summed E-state index contributed by atoms with van der Waals surface area (Å²) in [7, 11) is 0. The van der Waals surface area contributed by atoms with Crippen LogP contribution in [0.2, 0.25) is 0 Å². The minimum absolute atomic E-state index is 0.0338. The number of rotatable bonds is 11. The lowest BCUT2D eigenvalue weighted by Crippen LogP contribution is -2.45. The van der Waals surface area contributed by atoms with Crippen LogP contribution in [0.4, 0.5) is 4.79 Å². The number of imide groups is 1. The molecule has 1 fully saturated rings.